The number of carbonyl (C=O) groups excluding carboxylic acids is 2. The molecule has 1 fully saturated rings. The van der Waals surface area contributed by atoms with Crippen LogP contribution in [0.5, 0.6) is 5.75 Å². The molecule has 130 valence electrons. The van der Waals surface area contributed by atoms with E-state index in [2.05, 4.69) is 20.8 Å². The van der Waals surface area contributed by atoms with Crippen molar-refractivity contribution in [2.45, 2.75) is 53.1 Å². The topological polar surface area (TPSA) is 52.6 Å². The monoisotopic (exact) mass is 330 g/mol. The van der Waals surface area contributed by atoms with Crippen LogP contribution >= 0.6 is 0 Å². The number of esters is 2. The molecule has 0 spiro atoms. The van der Waals surface area contributed by atoms with Crippen molar-refractivity contribution in [3.63, 3.8) is 0 Å². The van der Waals surface area contributed by atoms with Crippen LogP contribution in [0.3, 0.4) is 0 Å². The molecular weight excluding hydrogens is 304 g/mol. The summed E-state index contributed by atoms with van der Waals surface area (Å²) >= 11 is 0. The average molecular weight is 330 g/mol. The maximum Gasteiger partial charge on any atom is 0.342 e. The van der Waals surface area contributed by atoms with Gasteiger partial charge in [-0.25, -0.2) is 9.59 Å². The molecule has 0 N–H and O–H groups in total. The first kappa shape index (κ1) is 18.2. The summed E-state index contributed by atoms with van der Waals surface area (Å²) in [5.41, 5.74) is 0.451. The molecule has 2 rings (SSSR count). The van der Waals surface area contributed by atoms with E-state index in [0.29, 0.717) is 5.92 Å². The van der Waals surface area contributed by atoms with Gasteiger partial charge in [0, 0.05) is 6.08 Å². The van der Waals surface area contributed by atoms with Gasteiger partial charge in [-0.1, -0.05) is 39.0 Å². The quantitative estimate of drug-likeness (QED) is 0.462. The predicted molar refractivity (Wildman–Crippen MR) is 92.9 cm³/mol. The Balaban J connectivity index is 2.11. The standard InChI is InChI=1S/C20H26O4/c1-5-8-18(21)24-17-10-7-6-9-16(17)19(22)23-15-11-14(2)12-20(3,4)13-15/h5-10,14-15H,11-13H2,1-4H3. The Bertz CT molecular complexity index is 630. The molecule has 4 nitrogen and oxygen atoms in total. The van der Waals surface area contributed by atoms with Crippen molar-refractivity contribution >= 4 is 11.9 Å². The van der Waals surface area contributed by atoms with Crippen molar-refractivity contribution in [3.05, 3.63) is 42.0 Å². The highest BCUT2D eigenvalue weighted by molar-refractivity contribution is 5.94. The van der Waals surface area contributed by atoms with Crippen LogP contribution in [0.2, 0.25) is 0 Å². The van der Waals surface area contributed by atoms with E-state index in [4.69, 9.17) is 9.47 Å². The Morgan fingerprint density at radius 3 is 2.58 bits per heavy atom. The normalized spacial score (nSPS) is 23.0. The lowest BCUT2D eigenvalue weighted by Gasteiger charge is -2.38. The molecule has 0 amide bonds. The van der Waals surface area contributed by atoms with Crippen molar-refractivity contribution in [3.8, 4) is 5.75 Å². The maximum absolute atomic E-state index is 12.6. The Kier molecular flexibility index (Phi) is 5.81. The van der Waals surface area contributed by atoms with E-state index in [-0.39, 0.29) is 22.8 Å². The van der Waals surface area contributed by atoms with Gasteiger partial charge in [0.15, 0.2) is 0 Å². The third kappa shape index (κ3) is 4.95. The number of hydrogen-bond acceptors (Lipinski definition) is 4. The van der Waals surface area contributed by atoms with Gasteiger partial charge in [0.25, 0.3) is 0 Å². The molecule has 1 aliphatic carbocycles. The number of para-hydroxylation sites is 1. The smallest absolute Gasteiger partial charge is 0.342 e. The number of benzene rings is 1. The SMILES string of the molecule is CC=CC(=O)Oc1ccccc1C(=O)OC1CC(C)CC(C)(C)C1. The van der Waals surface area contributed by atoms with Gasteiger partial charge in [0.1, 0.15) is 17.4 Å². The minimum Gasteiger partial charge on any atom is -0.459 e. The second-order valence-electron chi connectivity index (χ2n) is 7.36. The summed E-state index contributed by atoms with van der Waals surface area (Å²) in [7, 11) is 0. The lowest BCUT2D eigenvalue weighted by atomic mass is 9.71. The lowest BCUT2D eigenvalue weighted by Crippen LogP contribution is -2.34. The maximum atomic E-state index is 12.6. The Labute approximate surface area is 143 Å². The molecule has 1 aromatic carbocycles. The highest BCUT2D eigenvalue weighted by Crippen LogP contribution is 2.40. The van der Waals surface area contributed by atoms with Crippen molar-refractivity contribution < 1.29 is 19.1 Å². The number of ether oxygens (including phenoxy) is 2. The first-order chi connectivity index (χ1) is 11.3. The zero-order valence-corrected chi connectivity index (χ0v) is 14.9. The summed E-state index contributed by atoms with van der Waals surface area (Å²) < 4.78 is 10.9. The van der Waals surface area contributed by atoms with Crippen LogP contribution in [-0.4, -0.2) is 18.0 Å². The molecule has 24 heavy (non-hydrogen) atoms. The van der Waals surface area contributed by atoms with E-state index in [0.717, 1.165) is 19.3 Å². The molecule has 2 atom stereocenters. The molecule has 0 bridgehead atoms. The molecule has 4 heteroatoms. The second-order valence-corrected chi connectivity index (χ2v) is 7.36. The fraction of sp³-hybridized carbons (Fsp3) is 0.500. The highest BCUT2D eigenvalue weighted by Gasteiger charge is 2.34. The summed E-state index contributed by atoms with van der Waals surface area (Å²) in [6.07, 6.45) is 5.66. The van der Waals surface area contributed by atoms with Crippen molar-refractivity contribution in [2.75, 3.05) is 0 Å². The number of carbonyl (C=O) groups is 2. The zero-order valence-electron chi connectivity index (χ0n) is 14.9. The van der Waals surface area contributed by atoms with E-state index >= 15 is 0 Å². The fourth-order valence-electron chi connectivity index (χ4n) is 3.57. The first-order valence-electron chi connectivity index (χ1n) is 8.45. The highest BCUT2D eigenvalue weighted by atomic mass is 16.6. The van der Waals surface area contributed by atoms with Crippen molar-refractivity contribution in [1.82, 2.24) is 0 Å². The number of rotatable bonds is 4. The van der Waals surface area contributed by atoms with Gasteiger partial charge in [0.05, 0.1) is 0 Å². The summed E-state index contributed by atoms with van der Waals surface area (Å²) in [6.45, 7) is 8.33. The molecule has 1 saturated carbocycles. The van der Waals surface area contributed by atoms with Crippen LogP contribution in [0.15, 0.2) is 36.4 Å². The van der Waals surface area contributed by atoms with Crippen LogP contribution in [0.4, 0.5) is 0 Å². The van der Waals surface area contributed by atoms with Crippen LogP contribution in [0.1, 0.15) is 57.3 Å². The largest absolute Gasteiger partial charge is 0.459 e. The third-order valence-electron chi connectivity index (χ3n) is 4.24. The van der Waals surface area contributed by atoms with Gasteiger partial charge in [-0.2, -0.15) is 0 Å². The Morgan fingerprint density at radius 1 is 1.21 bits per heavy atom. The van der Waals surface area contributed by atoms with Crippen molar-refractivity contribution in [1.29, 1.82) is 0 Å². The predicted octanol–water partition coefficient (Wildman–Crippen LogP) is 4.54. The van der Waals surface area contributed by atoms with E-state index < -0.39 is 11.9 Å². The molecule has 2 unspecified atom stereocenters. The van der Waals surface area contributed by atoms with Crippen LogP contribution < -0.4 is 4.74 Å². The number of hydrogen-bond donors (Lipinski definition) is 0. The van der Waals surface area contributed by atoms with E-state index in [1.165, 1.54) is 6.08 Å². The fourth-order valence-corrected chi connectivity index (χ4v) is 3.57. The molecule has 1 aliphatic rings. The molecule has 1 aromatic rings. The minimum absolute atomic E-state index is 0.101. The molecule has 0 aromatic heterocycles. The van der Waals surface area contributed by atoms with Crippen molar-refractivity contribution in [2.24, 2.45) is 11.3 Å². The van der Waals surface area contributed by atoms with Gasteiger partial charge in [-0.15, -0.1) is 0 Å². The van der Waals surface area contributed by atoms with Crippen LogP contribution in [0, 0.1) is 11.3 Å². The lowest BCUT2D eigenvalue weighted by molar-refractivity contribution is -0.129. The second kappa shape index (κ2) is 7.65. The van der Waals surface area contributed by atoms with Crippen LogP contribution in [-0.2, 0) is 9.53 Å². The van der Waals surface area contributed by atoms with Gasteiger partial charge >= 0.3 is 11.9 Å². The third-order valence-corrected chi connectivity index (χ3v) is 4.24. The summed E-state index contributed by atoms with van der Waals surface area (Å²) in [5, 5.41) is 0. The Hall–Kier alpha value is -2.10. The van der Waals surface area contributed by atoms with E-state index in [1.807, 2.05) is 0 Å². The number of allylic oxidation sites excluding steroid dienone is 1. The summed E-state index contributed by atoms with van der Waals surface area (Å²) in [4.78, 5) is 24.2. The van der Waals surface area contributed by atoms with Gasteiger partial charge in [-0.3, -0.25) is 0 Å². The summed E-state index contributed by atoms with van der Waals surface area (Å²) in [5.74, 6) is -0.193. The Morgan fingerprint density at radius 2 is 1.92 bits per heavy atom. The first-order valence-corrected chi connectivity index (χ1v) is 8.45. The van der Waals surface area contributed by atoms with Crippen LogP contribution in [0.25, 0.3) is 0 Å². The molecule has 0 aliphatic heterocycles. The van der Waals surface area contributed by atoms with E-state index in [9.17, 15) is 9.59 Å². The molecule has 0 saturated heterocycles. The molecule has 0 heterocycles. The average Bonchev–Trinajstić information content (AvgIpc) is 2.45. The molecular formula is C20H26O4. The van der Waals surface area contributed by atoms with E-state index in [1.54, 1.807) is 37.3 Å². The minimum atomic E-state index is -0.509. The molecule has 0 radical (unpaired) electrons. The van der Waals surface area contributed by atoms with Gasteiger partial charge in [0.2, 0.25) is 0 Å². The van der Waals surface area contributed by atoms with Gasteiger partial charge in [-0.05, 0) is 49.7 Å². The zero-order chi connectivity index (χ0) is 17.7. The van der Waals surface area contributed by atoms with Gasteiger partial charge < -0.3 is 9.47 Å². The summed E-state index contributed by atoms with van der Waals surface area (Å²) in [6, 6.07) is 6.68.